The highest BCUT2D eigenvalue weighted by molar-refractivity contribution is 5.95. The summed E-state index contributed by atoms with van der Waals surface area (Å²) in [5.74, 6) is -3.16. The molecular formula is C23H31FO5. The number of aliphatic hydroxyl groups is 2. The Kier molecular flexibility index (Phi) is 9.40. The van der Waals surface area contributed by atoms with Crippen molar-refractivity contribution < 1.29 is 28.9 Å². The normalized spacial score (nSPS) is 21.5. The van der Waals surface area contributed by atoms with E-state index in [1.807, 2.05) is 38.1 Å². The summed E-state index contributed by atoms with van der Waals surface area (Å²) in [5.41, 5.74) is 3.28. The first-order valence-corrected chi connectivity index (χ1v) is 9.71. The van der Waals surface area contributed by atoms with E-state index in [0.29, 0.717) is 18.4 Å². The number of cyclic esters (lactones) is 1. The van der Waals surface area contributed by atoms with Gasteiger partial charge in [0.05, 0.1) is 5.56 Å². The average Bonchev–Trinajstić information content (AvgIpc) is 2.56. The molecule has 0 unspecified atom stereocenters. The Morgan fingerprint density at radius 1 is 1.17 bits per heavy atom. The first-order valence-electron chi connectivity index (χ1n) is 9.71. The molecule has 29 heavy (non-hydrogen) atoms. The van der Waals surface area contributed by atoms with Crippen LogP contribution in [0.4, 0.5) is 4.39 Å². The summed E-state index contributed by atoms with van der Waals surface area (Å²) < 4.78 is 19.1. The minimum atomic E-state index is -1.50. The Hall–Kier alpha value is -2.31. The van der Waals surface area contributed by atoms with Gasteiger partial charge in [-0.1, -0.05) is 29.8 Å². The van der Waals surface area contributed by atoms with Crippen molar-refractivity contribution in [1.29, 1.82) is 0 Å². The maximum Gasteiger partial charge on any atom is 0.339 e. The third-order valence-electron chi connectivity index (χ3n) is 3.99. The molecule has 2 N–H and O–H groups in total. The summed E-state index contributed by atoms with van der Waals surface area (Å²) in [5, 5.41) is 16.2. The van der Waals surface area contributed by atoms with Crippen LogP contribution in [0, 0.1) is 13.8 Å². The quantitative estimate of drug-likeness (QED) is 0.487. The molecule has 0 amide bonds. The second-order valence-corrected chi connectivity index (χ2v) is 7.76. The topological polar surface area (TPSA) is 83.8 Å². The number of ether oxygens (including phenoxy) is 1. The molecule has 0 bridgehead atoms. The second kappa shape index (κ2) is 11.0. The van der Waals surface area contributed by atoms with Gasteiger partial charge in [0, 0.05) is 12.8 Å². The molecule has 2 rings (SSSR count). The van der Waals surface area contributed by atoms with Crippen LogP contribution in [-0.2, 0) is 9.53 Å². The van der Waals surface area contributed by atoms with E-state index in [4.69, 9.17) is 14.9 Å². The van der Waals surface area contributed by atoms with Crippen molar-refractivity contribution in [3.05, 3.63) is 52.4 Å². The number of hydrogen-bond donors (Lipinski definition) is 2. The largest absolute Gasteiger partial charge is 0.459 e. The van der Waals surface area contributed by atoms with Crippen LogP contribution in [0.1, 0.15) is 73.5 Å². The second-order valence-electron chi connectivity index (χ2n) is 7.76. The Bertz CT molecular complexity index is 781. The summed E-state index contributed by atoms with van der Waals surface area (Å²) in [4.78, 5) is 24.2. The first kappa shape index (κ1) is 24.7. The molecule has 1 aliphatic heterocycles. The van der Waals surface area contributed by atoms with Crippen molar-refractivity contribution in [2.45, 2.75) is 72.2 Å². The molecule has 0 saturated heterocycles. The number of rotatable bonds is 0. The number of halogens is 1. The molecule has 1 atom stereocenters. The van der Waals surface area contributed by atoms with E-state index in [2.05, 4.69) is 0 Å². The van der Waals surface area contributed by atoms with Crippen molar-refractivity contribution in [2.24, 2.45) is 0 Å². The van der Waals surface area contributed by atoms with E-state index in [9.17, 15) is 14.0 Å². The highest BCUT2D eigenvalue weighted by Crippen LogP contribution is 2.22. The predicted molar refractivity (Wildman–Crippen MR) is 111 cm³/mol. The number of carbonyl (C=O) groups is 2. The fourth-order valence-corrected chi connectivity index (χ4v) is 2.79. The smallest absolute Gasteiger partial charge is 0.339 e. The minimum absolute atomic E-state index is 0.180. The third kappa shape index (κ3) is 9.63. The Morgan fingerprint density at radius 2 is 1.79 bits per heavy atom. The number of hydrogen-bond acceptors (Lipinski definition) is 5. The lowest BCUT2D eigenvalue weighted by atomic mass is 9.98. The summed E-state index contributed by atoms with van der Waals surface area (Å²) in [7, 11) is 0. The van der Waals surface area contributed by atoms with Crippen LogP contribution in [-0.4, -0.2) is 33.9 Å². The Morgan fingerprint density at radius 3 is 2.41 bits per heavy atom. The molecule has 1 aliphatic rings. The van der Waals surface area contributed by atoms with Crippen LogP contribution < -0.4 is 0 Å². The first-order chi connectivity index (χ1) is 13.4. The lowest BCUT2D eigenvalue weighted by Crippen LogP contribution is -2.17. The molecular weight excluding hydrogens is 375 g/mol. The SMILES string of the molecule is CC(C)(O)O.Cc1cc(C)c2c(c1)/C=C/CCCC(=O)/C(F)=C\C[C@H](C)OC2=O. The number of aryl methyl sites for hydroxylation is 2. The Balaban J connectivity index is 0.000000749. The van der Waals surface area contributed by atoms with Crippen LogP contribution in [0.3, 0.4) is 0 Å². The van der Waals surface area contributed by atoms with Gasteiger partial charge in [0.25, 0.3) is 0 Å². The molecule has 1 heterocycles. The highest BCUT2D eigenvalue weighted by Gasteiger charge is 2.18. The van der Waals surface area contributed by atoms with Gasteiger partial charge in [-0.15, -0.1) is 0 Å². The average molecular weight is 406 g/mol. The van der Waals surface area contributed by atoms with Crippen LogP contribution in [0.25, 0.3) is 6.08 Å². The van der Waals surface area contributed by atoms with Gasteiger partial charge >= 0.3 is 5.97 Å². The monoisotopic (exact) mass is 406 g/mol. The molecule has 0 aromatic heterocycles. The van der Waals surface area contributed by atoms with Crippen LogP contribution in [0.15, 0.2) is 30.1 Å². The van der Waals surface area contributed by atoms with E-state index in [1.54, 1.807) is 6.92 Å². The number of carbonyl (C=O) groups excluding carboxylic acids is 2. The van der Waals surface area contributed by atoms with E-state index in [1.165, 1.54) is 19.9 Å². The van der Waals surface area contributed by atoms with E-state index in [0.717, 1.165) is 16.7 Å². The number of benzene rings is 1. The molecule has 1 aromatic rings. The van der Waals surface area contributed by atoms with Gasteiger partial charge in [-0.25, -0.2) is 9.18 Å². The molecule has 1 aromatic carbocycles. The summed E-state index contributed by atoms with van der Waals surface area (Å²) >= 11 is 0. The van der Waals surface area contributed by atoms with Crippen molar-refractivity contribution >= 4 is 17.8 Å². The number of allylic oxidation sites excluding steroid dienone is 2. The van der Waals surface area contributed by atoms with E-state index in [-0.39, 0.29) is 12.8 Å². The fraction of sp³-hybridized carbons (Fsp3) is 0.478. The van der Waals surface area contributed by atoms with Gasteiger partial charge in [-0.05, 0) is 64.7 Å². The molecule has 0 aliphatic carbocycles. The van der Waals surface area contributed by atoms with Crippen LogP contribution in [0.2, 0.25) is 0 Å². The van der Waals surface area contributed by atoms with Crippen LogP contribution >= 0.6 is 0 Å². The molecule has 160 valence electrons. The summed E-state index contributed by atoms with van der Waals surface area (Å²) in [6.45, 7) is 8.15. The Labute approximate surface area is 171 Å². The van der Waals surface area contributed by atoms with Gasteiger partial charge in [0.1, 0.15) is 6.10 Å². The number of Topliss-reactive ketones (excluding diaryl/α,β-unsaturated/α-hetero) is 1. The number of ketones is 1. The van der Waals surface area contributed by atoms with E-state index >= 15 is 0 Å². The van der Waals surface area contributed by atoms with E-state index < -0.39 is 29.5 Å². The molecule has 5 nitrogen and oxygen atoms in total. The van der Waals surface area contributed by atoms with Gasteiger partial charge in [-0.3, -0.25) is 4.79 Å². The summed E-state index contributed by atoms with van der Waals surface area (Å²) in [6, 6.07) is 3.89. The standard InChI is InChI=1S/C20H23FO3.C3H8O2/c1-13-11-14(2)19-16(12-13)7-5-4-6-8-18(22)17(21)10-9-15(3)24-20(19)23;1-3(2,4)5/h5,7,10-12,15H,4,6,8-9H2,1-3H3;4-5H,1-2H3/b7-5+,17-10+;/t15-;/m0./s1. The van der Waals surface area contributed by atoms with Crippen LogP contribution in [0.5, 0.6) is 0 Å². The van der Waals surface area contributed by atoms with Crippen molar-refractivity contribution in [3.8, 4) is 0 Å². The fourth-order valence-electron chi connectivity index (χ4n) is 2.79. The van der Waals surface area contributed by atoms with Gasteiger partial charge in [-0.2, -0.15) is 0 Å². The predicted octanol–water partition coefficient (Wildman–Crippen LogP) is 4.57. The number of fused-ring (bicyclic) bond motifs is 1. The van der Waals surface area contributed by atoms with Crippen molar-refractivity contribution in [2.75, 3.05) is 0 Å². The van der Waals surface area contributed by atoms with Gasteiger partial charge in [0.15, 0.2) is 17.4 Å². The van der Waals surface area contributed by atoms with Gasteiger partial charge < -0.3 is 14.9 Å². The lowest BCUT2D eigenvalue weighted by Gasteiger charge is -2.15. The maximum absolute atomic E-state index is 13.7. The third-order valence-corrected chi connectivity index (χ3v) is 3.99. The lowest BCUT2D eigenvalue weighted by molar-refractivity contribution is -0.127. The number of esters is 1. The highest BCUT2D eigenvalue weighted by atomic mass is 19.1. The molecule has 6 heteroatoms. The maximum atomic E-state index is 13.7. The van der Waals surface area contributed by atoms with Gasteiger partial charge in [0.2, 0.25) is 0 Å². The van der Waals surface area contributed by atoms with Crippen molar-refractivity contribution in [3.63, 3.8) is 0 Å². The summed E-state index contributed by atoms with van der Waals surface area (Å²) in [6.07, 6.45) is 6.09. The molecule has 0 spiro atoms. The zero-order valence-electron chi connectivity index (χ0n) is 17.8. The molecule has 0 fully saturated rings. The molecule has 0 saturated carbocycles. The molecule has 0 radical (unpaired) electrons. The zero-order valence-corrected chi connectivity index (χ0v) is 17.8. The minimum Gasteiger partial charge on any atom is -0.459 e. The van der Waals surface area contributed by atoms with Crippen molar-refractivity contribution in [1.82, 2.24) is 0 Å². The zero-order chi connectivity index (χ0) is 22.2.